The molecule has 2 aromatic carbocycles. The van der Waals surface area contributed by atoms with Crippen LogP contribution in [0.5, 0.6) is 0 Å². The van der Waals surface area contributed by atoms with Crippen molar-refractivity contribution in [2.24, 2.45) is 11.8 Å². The average Bonchev–Trinajstić information content (AvgIpc) is 2.87. The van der Waals surface area contributed by atoms with Crippen molar-refractivity contribution in [3.8, 4) is 0 Å². The quantitative estimate of drug-likeness (QED) is 0.266. The number of hydrogen-bond acceptors (Lipinski definition) is 1. The third-order valence-corrected chi connectivity index (χ3v) is 10.5. The van der Waals surface area contributed by atoms with Gasteiger partial charge in [-0.1, -0.05) is 118 Å². The summed E-state index contributed by atoms with van der Waals surface area (Å²) < 4.78 is 0. The van der Waals surface area contributed by atoms with E-state index in [2.05, 4.69) is 56.1 Å². The number of halogens is 4. The topological polar surface area (TPSA) is 17.1 Å². The molecule has 5 heteroatoms. The lowest BCUT2D eigenvalue weighted by molar-refractivity contribution is -0.131. The van der Waals surface area contributed by atoms with Gasteiger partial charge in [-0.15, -0.1) is 0 Å². The predicted molar refractivity (Wildman–Crippen MR) is 152 cm³/mol. The number of carbonyl (C=O) groups is 1. The van der Waals surface area contributed by atoms with Crippen LogP contribution in [0.4, 0.5) is 0 Å². The monoisotopic (exact) mass is 626 g/mol. The third-order valence-electron chi connectivity index (χ3n) is 8.66. The molecular formula is C29H34Br2Cl2O. The molecule has 1 nitrogen and oxygen atoms in total. The normalized spacial score (nSPS) is 21.5. The minimum Gasteiger partial charge on any atom is -0.299 e. The second-order valence-corrected chi connectivity index (χ2v) is 12.4. The summed E-state index contributed by atoms with van der Waals surface area (Å²) in [5, 5.41) is 2.88. The second-order valence-electron chi connectivity index (χ2n) is 10.3. The van der Waals surface area contributed by atoms with Crippen molar-refractivity contribution in [3.63, 3.8) is 0 Å². The van der Waals surface area contributed by atoms with Gasteiger partial charge in [0.1, 0.15) is 5.78 Å². The van der Waals surface area contributed by atoms with Crippen LogP contribution >= 0.6 is 55.1 Å². The minimum atomic E-state index is -0.139. The summed E-state index contributed by atoms with van der Waals surface area (Å²) >= 11 is 20.2. The lowest BCUT2D eigenvalue weighted by Crippen LogP contribution is -2.50. The molecule has 0 bridgehead atoms. The molecule has 0 radical (unpaired) electrons. The number of ketones is 1. The predicted octanol–water partition coefficient (Wildman–Crippen LogP) is 9.69. The van der Waals surface area contributed by atoms with Gasteiger partial charge in [0.25, 0.3) is 0 Å². The number of carbonyl (C=O) groups excluding carboxylic acids is 1. The fraction of sp³-hybridized carbons (Fsp3) is 0.552. The molecule has 4 rings (SSSR count). The summed E-state index contributed by atoms with van der Waals surface area (Å²) in [5.74, 6) is 0.271. The summed E-state index contributed by atoms with van der Waals surface area (Å²) in [5.41, 5.74) is 2.26. The highest BCUT2D eigenvalue weighted by Crippen LogP contribution is 2.52. The summed E-state index contributed by atoms with van der Waals surface area (Å²) in [4.78, 5) is 14.7. The van der Waals surface area contributed by atoms with Crippen LogP contribution in [-0.2, 0) is 15.6 Å². The fourth-order valence-electron chi connectivity index (χ4n) is 6.84. The Kier molecular flexibility index (Phi) is 9.27. The summed E-state index contributed by atoms with van der Waals surface area (Å²) in [6, 6.07) is 16.6. The van der Waals surface area contributed by atoms with Crippen LogP contribution in [-0.4, -0.2) is 16.4 Å². The highest BCUT2D eigenvalue weighted by atomic mass is 79.9. The van der Waals surface area contributed by atoms with Crippen molar-refractivity contribution >= 4 is 60.8 Å². The molecule has 0 saturated heterocycles. The van der Waals surface area contributed by atoms with Crippen LogP contribution in [0.3, 0.4) is 0 Å². The van der Waals surface area contributed by atoms with Crippen molar-refractivity contribution in [1.82, 2.24) is 0 Å². The number of hydrogen-bond donors (Lipinski definition) is 0. The molecule has 184 valence electrons. The van der Waals surface area contributed by atoms with E-state index in [4.69, 9.17) is 23.2 Å². The zero-order chi connectivity index (χ0) is 24.2. The number of rotatable bonds is 8. The third kappa shape index (κ3) is 5.20. The van der Waals surface area contributed by atoms with Crippen molar-refractivity contribution in [1.29, 1.82) is 0 Å². The lowest BCUT2D eigenvalue weighted by Gasteiger charge is -2.48. The Morgan fingerprint density at radius 2 is 0.971 bits per heavy atom. The largest absolute Gasteiger partial charge is 0.299 e. The first kappa shape index (κ1) is 26.7. The standard InChI is InChI=1S/C29H34Br2Cl2O/c30-19-25(28(15-3-1-4-16-28)21-7-11-23(32)12-8-21)27(34)26(20-31)29(17-5-2-6-18-29)22-9-13-24(33)14-10-22/h7-14,25-26H,1-6,15-20H2. The van der Waals surface area contributed by atoms with Gasteiger partial charge in [0, 0.05) is 43.4 Å². The molecule has 2 fully saturated rings. The Hall–Kier alpha value is -0.350. The maximum Gasteiger partial charge on any atom is 0.142 e. The maximum atomic E-state index is 14.7. The Balaban J connectivity index is 1.77. The van der Waals surface area contributed by atoms with Gasteiger partial charge in [-0.3, -0.25) is 4.79 Å². The maximum absolute atomic E-state index is 14.7. The van der Waals surface area contributed by atoms with E-state index in [1.165, 1.54) is 49.7 Å². The number of benzene rings is 2. The molecule has 0 spiro atoms. The molecule has 2 atom stereocenters. The second kappa shape index (κ2) is 11.8. The molecule has 2 saturated carbocycles. The van der Waals surface area contributed by atoms with E-state index in [-0.39, 0.29) is 22.7 Å². The Bertz CT molecular complexity index is 868. The molecule has 0 heterocycles. The van der Waals surface area contributed by atoms with E-state index >= 15 is 0 Å². The van der Waals surface area contributed by atoms with Crippen molar-refractivity contribution in [3.05, 3.63) is 69.7 Å². The van der Waals surface area contributed by atoms with Gasteiger partial charge in [-0.2, -0.15) is 0 Å². The van der Waals surface area contributed by atoms with Crippen LogP contribution in [0.15, 0.2) is 48.5 Å². The van der Waals surface area contributed by atoms with E-state index in [9.17, 15) is 4.79 Å². The van der Waals surface area contributed by atoms with Gasteiger partial charge in [0.2, 0.25) is 0 Å². The molecule has 0 amide bonds. The minimum absolute atomic E-state index is 0.0670. The van der Waals surface area contributed by atoms with Crippen LogP contribution in [0.1, 0.15) is 75.3 Å². The summed E-state index contributed by atoms with van der Waals surface area (Å²) in [6.45, 7) is 0. The Labute approximate surface area is 231 Å². The first-order chi connectivity index (χ1) is 16.5. The molecule has 0 N–H and O–H groups in total. The first-order valence-corrected chi connectivity index (χ1v) is 15.6. The molecule has 2 aromatic rings. The highest BCUT2D eigenvalue weighted by molar-refractivity contribution is 9.09. The van der Waals surface area contributed by atoms with Gasteiger partial charge >= 0.3 is 0 Å². The number of alkyl halides is 2. The van der Waals surface area contributed by atoms with Gasteiger partial charge < -0.3 is 0 Å². The Morgan fingerprint density at radius 1 is 0.647 bits per heavy atom. The van der Waals surface area contributed by atoms with E-state index in [1.54, 1.807) is 0 Å². The molecule has 0 aliphatic heterocycles. The van der Waals surface area contributed by atoms with Crippen LogP contribution in [0.2, 0.25) is 10.0 Å². The molecule has 34 heavy (non-hydrogen) atoms. The van der Waals surface area contributed by atoms with E-state index in [1.807, 2.05) is 24.3 Å². The molecule has 2 unspecified atom stereocenters. The van der Waals surface area contributed by atoms with Crippen LogP contribution < -0.4 is 0 Å². The van der Waals surface area contributed by atoms with Crippen molar-refractivity contribution < 1.29 is 4.79 Å². The smallest absolute Gasteiger partial charge is 0.142 e. The number of Topliss-reactive ketones (excluding diaryl/α,β-unsaturated/α-hetero) is 1. The van der Waals surface area contributed by atoms with Crippen LogP contribution in [0.25, 0.3) is 0 Å². The van der Waals surface area contributed by atoms with Crippen molar-refractivity contribution in [2.75, 3.05) is 10.7 Å². The van der Waals surface area contributed by atoms with Gasteiger partial charge in [0.15, 0.2) is 0 Å². The van der Waals surface area contributed by atoms with Gasteiger partial charge in [-0.05, 0) is 61.1 Å². The molecule has 2 aliphatic carbocycles. The molecule has 0 aromatic heterocycles. The highest BCUT2D eigenvalue weighted by Gasteiger charge is 2.51. The Morgan fingerprint density at radius 3 is 1.26 bits per heavy atom. The van der Waals surface area contributed by atoms with E-state index in [0.717, 1.165) is 35.7 Å². The lowest BCUT2D eigenvalue weighted by atomic mass is 9.56. The van der Waals surface area contributed by atoms with E-state index < -0.39 is 0 Å². The first-order valence-electron chi connectivity index (χ1n) is 12.6. The summed E-state index contributed by atoms with van der Waals surface area (Å²) in [6.07, 6.45) is 11.4. The molecule has 2 aliphatic rings. The van der Waals surface area contributed by atoms with E-state index in [0.29, 0.717) is 16.4 Å². The van der Waals surface area contributed by atoms with Gasteiger partial charge in [0.05, 0.1) is 0 Å². The summed E-state index contributed by atoms with van der Waals surface area (Å²) in [7, 11) is 0. The van der Waals surface area contributed by atoms with Crippen LogP contribution in [0, 0.1) is 11.8 Å². The SMILES string of the molecule is O=C(C(CBr)C1(c2ccc(Cl)cc2)CCCCC1)C(CBr)C1(c2ccc(Cl)cc2)CCCCC1. The molecular weight excluding hydrogens is 595 g/mol. The van der Waals surface area contributed by atoms with Crippen molar-refractivity contribution in [2.45, 2.75) is 75.0 Å². The zero-order valence-electron chi connectivity index (χ0n) is 19.7. The average molecular weight is 629 g/mol. The zero-order valence-corrected chi connectivity index (χ0v) is 24.4. The van der Waals surface area contributed by atoms with Gasteiger partial charge in [-0.25, -0.2) is 0 Å². The fourth-order valence-corrected chi connectivity index (χ4v) is 8.97.